The number of nitrogens with zero attached hydrogens (tertiary/aromatic N) is 2. The van der Waals surface area contributed by atoms with E-state index < -0.39 is 16.2 Å². The molecule has 3 unspecified atom stereocenters. The van der Waals surface area contributed by atoms with Crippen molar-refractivity contribution in [1.29, 1.82) is 0 Å². The second-order valence-electron chi connectivity index (χ2n) is 9.30. The average molecular weight is 441 g/mol. The van der Waals surface area contributed by atoms with Gasteiger partial charge in [0.2, 0.25) is 10.0 Å². The molecule has 0 aromatic carbocycles. The van der Waals surface area contributed by atoms with Crippen molar-refractivity contribution in [1.82, 2.24) is 20.1 Å². The van der Waals surface area contributed by atoms with E-state index in [4.69, 9.17) is 4.52 Å². The molecule has 0 spiro atoms. The minimum absolute atomic E-state index is 0.0487. The van der Waals surface area contributed by atoms with Crippen molar-refractivity contribution in [3.63, 3.8) is 0 Å². The van der Waals surface area contributed by atoms with Gasteiger partial charge in [-0.2, -0.15) is 4.31 Å². The number of amides is 1. The summed E-state index contributed by atoms with van der Waals surface area (Å²) >= 11 is 0. The molecule has 1 amide bonds. The fourth-order valence-corrected chi connectivity index (χ4v) is 7.82. The number of alkyl halides is 1. The molecule has 0 radical (unpaired) electrons. The van der Waals surface area contributed by atoms with E-state index >= 15 is 0 Å². The maximum absolute atomic E-state index is 13.2. The third kappa shape index (κ3) is 4.01. The van der Waals surface area contributed by atoms with Gasteiger partial charge in [0.05, 0.1) is 11.7 Å². The Morgan fingerprint density at radius 1 is 1.20 bits per heavy atom. The number of aromatic nitrogens is 1. The number of sulfonamides is 1. The van der Waals surface area contributed by atoms with Crippen LogP contribution in [0.3, 0.4) is 0 Å². The van der Waals surface area contributed by atoms with Crippen LogP contribution in [0.2, 0.25) is 0 Å². The molecule has 30 heavy (non-hydrogen) atoms. The van der Waals surface area contributed by atoms with Gasteiger partial charge in [0, 0.05) is 24.2 Å². The first-order chi connectivity index (χ1) is 14.4. The lowest BCUT2D eigenvalue weighted by atomic mass is 9.99. The molecule has 2 bridgehead atoms. The lowest BCUT2D eigenvalue weighted by Gasteiger charge is -2.39. The summed E-state index contributed by atoms with van der Waals surface area (Å²) in [5.41, 5.74) is 0.164. The van der Waals surface area contributed by atoms with E-state index in [0.29, 0.717) is 25.0 Å². The van der Waals surface area contributed by atoms with E-state index in [2.05, 4.69) is 15.8 Å². The Hall–Kier alpha value is -1.52. The van der Waals surface area contributed by atoms with E-state index in [1.807, 2.05) is 0 Å². The molecule has 1 aromatic heterocycles. The fourth-order valence-electron chi connectivity index (χ4n) is 5.43. The summed E-state index contributed by atoms with van der Waals surface area (Å²) in [6, 6.07) is 1.34. The predicted octanol–water partition coefficient (Wildman–Crippen LogP) is 1.55. The largest absolute Gasteiger partial charge is 0.360 e. The smallest absolute Gasteiger partial charge is 0.273 e. The first-order valence-corrected chi connectivity index (χ1v) is 12.6. The normalized spacial score (nSPS) is 34.8. The maximum atomic E-state index is 13.2. The van der Waals surface area contributed by atoms with Crippen LogP contribution in [0, 0.1) is 5.92 Å². The van der Waals surface area contributed by atoms with Crippen LogP contribution >= 0.6 is 0 Å². The summed E-state index contributed by atoms with van der Waals surface area (Å²) < 4.78 is 46.3. The second-order valence-corrected chi connectivity index (χ2v) is 11.2. The maximum Gasteiger partial charge on any atom is 0.273 e. The molecular formula is C20H29FN4O4S. The van der Waals surface area contributed by atoms with Crippen molar-refractivity contribution < 1.29 is 22.1 Å². The highest BCUT2D eigenvalue weighted by Gasteiger charge is 2.47. The molecule has 1 saturated carbocycles. The Morgan fingerprint density at radius 3 is 2.50 bits per heavy atom. The third-order valence-electron chi connectivity index (χ3n) is 7.07. The molecule has 4 aliphatic rings. The molecular weight excluding hydrogens is 411 g/mol. The van der Waals surface area contributed by atoms with E-state index in [0.717, 1.165) is 38.8 Å². The lowest BCUT2D eigenvalue weighted by molar-refractivity contribution is 0.0900. The number of rotatable bonds is 6. The Labute approximate surface area is 176 Å². The molecule has 3 saturated heterocycles. The Kier molecular flexibility index (Phi) is 5.35. The van der Waals surface area contributed by atoms with E-state index in [-0.39, 0.29) is 47.3 Å². The van der Waals surface area contributed by atoms with Crippen molar-refractivity contribution in [2.24, 2.45) is 5.92 Å². The Bertz CT molecular complexity index is 886. The van der Waals surface area contributed by atoms with Crippen molar-refractivity contribution >= 4 is 15.9 Å². The first kappa shape index (κ1) is 20.4. The fraction of sp³-hybridized carbons (Fsp3) is 0.800. The van der Waals surface area contributed by atoms with Crippen LogP contribution in [0.15, 0.2) is 10.6 Å². The molecule has 3 aliphatic heterocycles. The monoisotopic (exact) mass is 440 g/mol. The number of nitrogens with one attached hydrogen (secondary N) is 2. The number of carbonyl (C=O) groups is 1. The second kappa shape index (κ2) is 7.87. The zero-order valence-electron chi connectivity index (χ0n) is 16.9. The van der Waals surface area contributed by atoms with Gasteiger partial charge >= 0.3 is 0 Å². The number of fused-ring (bicyclic) bond motifs is 2. The highest BCUT2D eigenvalue weighted by Crippen LogP contribution is 2.43. The highest BCUT2D eigenvalue weighted by molar-refractivity contribution is 7.89. The van der Waals surface area contributed by atoms with Crippen molar-refractivity contribution in [3.8, 4) is 0 Å². The molecule has 5 atom stereocenters. The van der Waals surface area contributed by atoms with Gasteiger partial charge < -0.3 is 15.2 Å². The van der Waals surface area contributed by atoms with Crippen molar-refractivity contribution in [2.75, 3.05) is 18.8 Å². The number of piperidine rings is 2. The van der Waals surface area contributed by atoms with Gasteiger partial charge in [-0.25, -0.2) is 12.8 Å². The zero-order chi connectivity index (χ0) is 20.9. The van der Waals surface area contributed by atoms with Gasteiger partial charge in [0.1, 0.15) is 11.9 Å². The molecule has 5 rings (SSSR count). The topological polar surface area (TPSA) is 105 Å². The molecule has 1 aliphatic carbocycles. The van der Waals surface area contributed by atoms with Crippen molar-refractivity contribution in [2.45, 2.75) is 75.2 Å². The Balaban J connectivity index is 1.20. The van der Waals surface area contributed by atoms with E-state index in [1.54, 1.807) is 4.31 Å². The van der Waals surface area contributed by atoms with Gasteiger partial charge in [-0.1, -0.05) is 5.16 Å². The van der Waals surface area contributed by atoms with Crippen LogP contribution in [-0.4, -0.2) is 66.9 Å². The van der Waals surface area contributed by atoms with Crippen LogP contribution in [0.5, 0.6) is 0 Å². The Morgan fingerprint density at radius 2 is 1.87 bits per heavy atom. The lowest BCUT2D eigenvalue weighted by Crippen LogP contribution is -2.53. The van der Waals surface area contributed by atoms with Gasteiger partial charge in [0.15, 0.2) is 5.69 Å². The van der Waals surface area contributed by atoms with E-state index in [1.165, 1.54) is 6.07 Å². The van der Waals surface area contributed by atoms with Crippen LogP contribution < -0.4 is 10.6 Å². The number of hydrogen-bond donors (Lipinski definition) is 2. The molecule has 1 aromatic rings. The molecule has 10 heteroatoms. The van der Waals surface area contributed by atoms with Crippen LogP contribution in [0.1, 0.15) is 67.1 Å². The van der Waals surface area contributed by atoms with Gasteiger partial charge in [-0.05, 0) is 64.0 Å². The summed E-state index contributed by atoms with van der Waals surface area (Å²) in [4.78, 5) is 12.6. The van der Waals surface area contributed by atoms with Crippen LogP contribution in [-0.2, 0) is 10.0 Å². The highest BCUT2D eigenvalue weighted by atomic mass is 32.2. The summed E-state index contributed by atoms with van der Waals surface area (Å²) in [5, 5.41) is 10.1. The standard InChI is InChI=1S/C20H29FN4O4S/c21-17-9-16(17)19-10-18(24-29-19)20(26)23-13-7-14-1-2-15(8-13)25(14)30(27,28)11-12-3-5-22-6-4-12/h10,12-17,22H,1-9,11H2,(H,23,26)/t13?,14-,15+,16?,17?. The van der Waals surface area contributed by atoms with Gasteiger partial charge in [0.25, 0.3) is 5.91 Å². The average Bonchev–Trinajstić information content (AvgIpc) is 3.11. The van der Waals surface area contributed by atoms with Gasteiger partial charge in [-0.3, -0.25) is 4.79 Å². The SMILES string of the molecule is O=C(NC1C[C@H]2CC[C@@H](C1)N2S(=O)(=O)CC1CCNCC1)c1cc(C2CC2F)on1. The minimum atomic E-state index is -3.30. The number of halogens is 1. The van der Waals surface area contributed by atoms with Crippen LogP contribution in [0.25, 0.3) is 0 Å². The molecule has 2 N–H and O–H groups in total. The number of hydrogen-bond acceptors (Lipinski definition) is 6. The molecule has 4 fully saturated rings. The van der Waals surface area contributed by atoms with Gasteiger partial charge in [-0.15, -0.1) is 0 Å². The molecule has 4 heterocycles. The summed E-state index contributed by atoms with van der Waals surface area (Å²) in [6.45, 7) is 1.77. The van der Waals surface area contributed by atoms with E-state index in [9.17, 15) is 17.6 Å². The quantitative estimate of drug-likeness (QED) is 0.696. The summed E-state index contributed by atoms with van der Waals surface area (Å²) in [5.74, 6) is 0.271. The first-order valence-electron chi connectivity index (χ1n) is 11.0. The predicted molar refractivity (Wildman–Crippen MR) is 107 cm³/mol. The summed E-state index contributed by atoms with van der Waals surface area (Å²) in [6.07, 6.45) is 4.26. The zero-order valence-corrected chi connectivity index (χ0v) is 17.7. The van der Waals surface area contributed by atoms with Crippen molar-refractivity contribution in [3.05, 3.63) is 17.5 Å². The summed E-state index contributed by atoms with van der Waals surface area (Å²) in [7, 11) is -3.30. The third-order valence-corrected chi connectivity index (χ3v) is 9.20. The molecule has 8 nitrogen and oxygen atoms in total. The minimum Gasteiger partial charge on any atom is -0.360 e. The molecule has 166 valence electrons. The number of carbonyl (C=O) groups excluding carboxylic acids is 1. The van der Waals surface area contributed by atoms with Crippen LogP contribution in [0.4, 0.5) is 4.39 Å².